The van der Waals surface area contributed by atoms with E-state index in [9.17, 15) is 18.0 Å². The number of methoxy groups -OCH3 is 2. The minimum atomic E-state index is -3.81. The Kier molecular flexibility index (Phi) is 6.39. The molecule has 1 aromatic heterocycles. The summed E-state index contributed by atoms with van der Waals surface area (Å²) in [5.74, 6) is 0.258. The number of ether oxygens (including phenoxy) is 2. The van der Waals surface area contributed by atoms with E-state index in [0.717, 1.165) is 0 Å². The molecule has 1 fully saturated rings. The fourth-order valence-electron chi connectivity index (χ4n) is 3.96. The molecule has 1 amide bonds. The number of nitrogens with zero attached hydrogens (tertiary/aromatic N) is 1. The molecule has 4 rings (SSSR count). The van der Waals surface area contributed by atoms with Gasteiger partial charge in [-0.3, -0.25) is 9.59 Å². The molecule has 0 saturated carbocycles. The maximum atomic E-state index is 13.3. The lowest BCUT2D eigenvalue weighted by atomic mass is 9.98. The van der Waals surface area contributed by atoms with Gasteiger partial charge < -0.3 is 19.8 Å². The fourth-order valence-corrected chi connectivity index (χ4v) is 5.52. The molecular weight excluding hydrogens is 446 g/mol. The molecule has 0 unspecified atom stereocenters. The topological polar surface area (TPSA) is 118 Å². The number of carbonyl (C=O) groups is 1. The molecule has 0 aliphatic carbocycles. The van der Waals surface area contributed by atoms with Gasteiger partial charge in [-0.25, -0.2) is 8.42 Å². The molecule has 174 valence electrons. The first kappa shape index (κ1) is 22.8. The number of rotatable bonds is 6. The predicted octanol–water partition coefficient (Wildman–Crippen LogP) is 2.58. The van der Waals surface area contributed by atoms with Gasteiger partial charge in [-0.15, -0.1) is 0 Å². The lowest BCUT2D eigenvalue weighted by molar-refractivity contribution is -0.120. The van der Waals surface area contributed by atoms with Crippen LogP contribution in [0.3, 0.4) is 0 Å². The van der Waals surface area contributed by atoms with Crippen molar-refractivity contribution in [2.75, 3.05) is 32.6 Å². The molecule has 0 bridgehead atoms. The lowest BCUT2D eigenvalue weighted by Gasteiger charge is -2.31. The quantitative estimate of drug-likeness (QED) is 0.571. The van der Waals surface area contributed by atoms with E-state index in [2.05, 4.69) is 10.3 Å². The largest absolute Gasteiger partial charge is 0.497 e. The highest BCUT2D eigenvalue weighted by molar-refractivity contribution is 7.89. The van der Waals surface area contributed by atoms with Crippen LogP contribution in [0.5, 0.6) is 11.5 Å². The van der Waals surface area contributed by atoms with Crippen molar-refractivity contribution in [1.29, 1.82) is 0 Å². The van der Waals surface area contributed by atoms with Crippen LogP contribution in [-0.2, 0) is 14.8 Å². The van der Waals surface area contributed by atoms with Crippen LogP contribution < -0.4 is 20.3 Å². The number of hydrogen-bond acceptors (Lipinski definition) is 6. The van der Waals surface area contributed by atoms with Gasteiger partial charge in [0.05, 0.1) is 30.7 Å². The monoisotopic (exact) mass is 471 g/mol. The highest BCUT2D eigenvalue weighted by Gasteiger charge is 2.33. The van der Waals surface area contributed by atoms with Crippen LogP contribution in [0, 0.1) is 5.92 Å². The van der Waals surface area contributed by atoms with E-state index in [1.54, 1.807) is 30.3 Å². The SMILES string of the molecule is COc1ccc(OC)c(NC(=O)[C@H]2CCCN(S(=O)(=O)c3ccc4[nH]c(=O)ccc4c3)C2)c1. The fraction of sp³-hybridized carbons (Fsp3) is 0.304. The lowest BCUT2D eigenvalue weighted by Crippen LogP contribution is -2.43. The van der Waals surface area contributed by atoms with E-state index >= 15 is 0 Å². The molecule has 2 N–H and O–H groups in total. The molecule has 1 aliphatic rings. The van der Waals surface area contributed by atoms with Gasteiger partial charge in [-0.2, -0.15) is 4.31 Å². The second-order valence-electron chi connectivity index (χ2n) is 7.83. The molecule has 0 spiro atoms. The van der Waals surface area contributed by atoms with Gasteiger partial charge in [0.15, 0.2) is 0 Å². The van der Waals surface area contributed by atoms with Crippen molar-refractivity contribution in [3.63, 3.8) is 0 Å². The summed E-state index contributed by atoms with van der Waals surface area (Å²) in [6.07, 6.45) is 1.14. The number of H-pyrrole nitrogens is 1. The molecule has 3 aromatic rings. The smallest absolute Gasteiger partial charge is 0.248 e. The Bertz CT molecular complexity index is 1350. The standard InChI is InChI=1S/C23H25N3O6S/c1-31-17-6-9-21(32-2)20(13-17)25-23(28)16-4-3-11-26(14-16)33(29,30)18-7-8-19-15(12-18)5-10-22(27)24-19/h5-10,12-13,16H,3-4,11,14H2,1-2H3,(H,24,27)(H,25,28)/t16-/m0/s1. The van der Waals surface area contributed by atoms with Crippen LogP contribution in [0.1, 0.15) is 12.8 Å². The van der Waals surface area contributed by atoms with E-state index in [1.165, 1.54) is 36.7 Å². The van der Waals surface area contributed by atoms with E-state index in [-0.39, 0.29) is 22.9 Å². The van der Waals surface area contributed by atoms with Crippen molar-refractivity contribution in [2.24, 2.45) is 5.92 Å². The molecule has 2 aromatic carbocycles. The Morgan fingerprint density at radius 3 is 2.67 bits per heavy atom. The summed E-state index contributed by atoms with van der Waals surface area (Å²) in [6, 6.07) is 12.6. The number of benzene rings is 2. The van der Waals surface area contributed by atoms with Gasteiger partial charge in [0.25, 0.3) is 0 Å². The van der Waals surface area contributed by atoms with Crippen LogP contribution in [0.15, 0.2) is 58.2 Å². The number of sulfonamides is 1. The number of aromatic amines is 1. The normalized spacial score (nSPS) is 17.0. The Morgan fingerprint density at radius 1 is 1.09 bits per heavy atom. The number of carbonyl (C=O) groups excluding carboxylic acids is 1. The maximum Gasteiger partial charge on any atom is 0.248 e. The van der Waals surface area contributed by atoms with Crippen LogP contribution in [0.25, 0.3) is 10.9 Å². The minimum Gasteiger partial charge on any atom is -0.497 e. The molecule has 1 aliphatic heterocycles. The van der Waals surface area contributed by atoms with Crippen molar-refractivity contribution >= 4 is 32.5 Å². The zero-order valence-electron chi connectivity index (χ0n) is 18.3. The Labute approximate surface area is 191 Å². The van der Waals surface area contributed by atoms with E-state index in [1.807, 2.05) is 0 Å². The summed E-state index contributed by atoms with van der Waals surface area (Å²) < 4.78 is 38.5. The predicted molar refractivity (Wildman–Crippen MR) is 124 cm³/mol. The van der Waals surface area contributed by atoms with Gasteiger partial charge in [-0.1, -0.05) is 0 Å². The average Bonchev–Trinajstić information content (AvgIpc) is 2.83. The molecule has 1 atom stereocenters. The Balaban J connectivity index is 1.54. The van der Waals surface area contributed by atoms with Crippen molar-refractivity contribution in [2.45, 2.75) is 17.7 Å². The summed E-state index contributed by atoms with van der Waals surface area (Å²) in [6.45, 7) is 0.405. The van der Waals surface area contributed by atoms with Gasteiger partial charge in [0.1, 0.15) is 11.5 Å². The summed E-state index contributed by atoms with van der Waals surface area (Å²) in [4.78, 5) is 27.3. The van der Waals surface area contributed by atoms with E-state index < -0.39 is 15.9 Å². The first-order valence-corrected chi connectivity index (χ1v) is 11.9. The second kappa shape index (κ2) is 9.24. The van der Waals surface area contributed by atoms with Crippen LogP contribution in [0.4, 0.5) is 5.69 Å². The summed E-state index contributed by atoms with van der Waals surface area (Å²) >= 11 is 0. The van der Waals surface area contributed by atoms with Gasteiger partial charge in [0.2, 0.25) is 21.5 Å². The van der Waals surface area contributed by atoms with E-state index in [4.69, 9.17) is 9.47 Å². The first-order chi connectivity index (χ1) is 15.8. The molecule has 1 saturated heterocycles. The van der Waals surface area contributed by atoms with Crippen molar-refractivity contribution < 1.29 is 22.7 Å². The molecule has 0 radical (unpaired) electrons. The van der Waals surface area contributed by atoms with Crippen LogP contribution in [0.2, 0.25) is 0 Å². The molecule has 33 heavy (non-hydrogen) atoms. The van der Waals surface area contributed by atoms with Crippen molar-refractivity contribution in [1.82, 2.24) is 9.29 Å². The van der Waals surface area contributed by atoms with Gasteiger partial charge >= 0.3 is 0 Å². The highest BCUT2D eigenvalue weighted by atomic mass is 32.2. The number of hydrogen-bond donors (Lipinski definition) is 2. The number of anilines is 1. The van der Waals surface area contributed by atoms with Crippen LogP contribution in [-0.4, -0.2) is 50.9 Å². The third-order valence-electron chi connectivity index (χ3n) is 5.75. The third kappa shape index (κ3) is 4.71. The second-order valence-corrected chi connectivity index (χ2v) is 9.77. The summed E-state index contributed by atoms with van der Waals surface area (Å²) in [7, 11) is -0.775. The number of amides is 1. The molecule has 10 heteroatoms. The number of aromatic nitrogens is 1. The van der Waals surface area contributed by atoms with Crippen molar-refractivity contribution in [3.05, 3.63) is 58.9 Å². The maximum absolute atomic E-state index is 13.3. The van der Waals surface area contributed by atoms with Gasteiger partial charge in [-0.05, 0) is 54.6 Å². The number of piperidine rings is 1. The summed E-state index contributed by atoms with van der Waals surface area (Å²) in [5, 5.41) is 3.47. The zero-order valence-corrected chi connectivity index (χ0v) is 19.1. The molecular formula is C23H25N3O6S. The van der Waals surface area contributed by atoms with Crippen LogP contribution >= 0.6 is 0 Å². The summed E-state index contributed by atoms with van der Waals surface area (Å²) in [5.41, 5.74) is 0.769. The molecule has 2 heterocycles. The zero-order chi connectivity index (χ0) is 23.6. The Morgan fingerprint density at radius 2 is 1.91 bits per heavy atom. The highest BCUT2D eigenvalue weighted by Crippen LogP contribution is 2.31. The van der Waals surface area contributed by atoms with E-state index in [0.29, 0.717) is 47.5 Å². The Hall–Kier alpha value is -3.37. The van der Waals surface area contributed by atoms with Gasteiger partial charge in [0, 0.05) is 30.7 Å². The first-order valence-electron chi connectivity index (χ1n) is 10.5. The molecule has 9 nitrogen and oxygen atoms in total. The minimum absolute atomic E-state index is 0.0735. The number of pyridine rings is 1. The van der Waals surface area contributed by atoms with Crippen molar-refractivity contribution in [3.8, 4) is 11.5 Å². The third-order valence-corrected chi connectivity index (χ3v) is 7.61. The number of nitrogens with one attached hydrogen (secondary N) is 2. The number of fused-ring (bicyclic) bond motifs is 1. The average molecular weight is 472 g/mol.